The number of thiazole rings is 1. The predicted octanol–water partition coefficient (Wildman–Crippen LogP) is 19.2. The summed E-state index contributed by atoms with van der Waals surface area (Å²) in [5.74, 6) is 0. The fourth-order valence-corrected chi connectivity index (χ4v) is 13.9. The van der Waals surface area contributed by atoms with E-state index in [2.05, 4.69) is 220 Å². The normalized spacial score (nSPS) is 11.0. The number of imidazole rings is 1. The lowest BCUT2D eigenvalue weighted by Crippen LogP contribution is -2.01. The van der Waals surface area contributed by atoms with E-state index in [1.807, 2.05) is 57.3 Å². The molecule has 17 heteroatoms. The summed E-state index contributed by atoms with van der Waals surface area (Å²) in [5, 5.41) is 8.56. The smallest absolute Gasteiger partial charge is 0.182 e. The van der Waals surface area contributed by atoms with Gasteiger partial charge in [-0.3, -0.25) is 4.98 Å². The van der Waals surface area contributed by atoms with Crippen LogP contribution >= 0.6 is 45.7 Å². The number of aromatic nitrogens is 12. The SMILES string of the molecule is Cc1cc(C)c2ncn(C)c2c1C.Cc1cc(C)c2ncoc2c1C.Cc1cc(C)c2ncsc2c1C.Cc1cc(C)c2nsnc2c1C.Cc1nc2c(C)cnn2c(C)c1C.Cc1nc2c(C)csc2c(C)c1C.Cc1nc2scc(C)c2nc1C. The van der Waals surface area contributed by atoms with Crippen LogP contribution in [0.4, 0.5) is 0 Å². The Morgan fingerprint density at radius 3 is 1.62 bits per heavy atom. The number of oxazole rings is 1. The van der Waals surface area contributed by atoms with Crippen LogP contribution in [0.5, 0.6) is 0 Å². The first kappa shape index (κ1) is 65.3. The maximum atomic E-state index is 5.30. The van der Waals surface area contributed by atoms with Gasteiger partial charge in [-0.05, 0) is 265 Å². The highest BCUT2D eigenvalue weighted by atomic mass is 32.1. The molecule has 0 fully saturated rings. The van der Waals surface area contributed by atoms with E-state index in [1.165, 1.54) is 144 Å². The molecule has 0 saturated heterocycles. The minimum Gasteiger partial charge on any atom is -0.443 e. The number of fused-ring (bicyclic) bond motifs is 7. The molecule has 0 saturated carbocycles. The number of rotatable bonds is 0. The van der Waals surface area contributed by atoms with Gasteiger partial charge in [0.15, 0.2) is 17.6 Å². The van der Waals surface area contributed by atoms with Crippen molar-refractivity contribution in [3.05, 3.63) is 188 Å². The lowest BCUT2D eigenvalue weighted by Gasteiger charge is -2.06. The lowest BCUT2D eigenvalue weighted by atomic mass is 10.0. The average Bonchev–Trinajstić information content (AvgIpc) is 3.24. The van der Waals surface area contributed by atoms with Crippen LogP contribution in [0.3, 0.4) is 0 Å². The molecule has 0 atom stereocenters. The molecule has 14 rings (SSSR count). The monoisotopic (exact) mass is 1230 g/mol. The Morgan fingerprint density at radius 2 is 0.931 bits per heavy atom. The van der Waals surface area contributed by atoms with Crippen molar-refractivity contribution in [2.45, 2.75) is 159 Å². The zero-order valence-corrected chi connectivity index (χ0v) is 58.4. The van der Waals surface area contributed by atoms with Crippen molar-refractivity contribution in [2.75, 3.05) is 0 Å². The Kier molecular flexibility index (Phi) is 20.4. The maximum Gasteiger partial charge on any atom is 0.182 e. The number of hydrogen-bond donors (Lipinski definition) is 0. The topological polar surface area (TPSA) is 151 Å². The van der Waals surface area contributed by atoms with Gasteiger partial charge in [0.05, 0.1) is 72.6 Å². The summed E-state index contributed by atoms with van der Waals surface area (Å²) < 4.78 is 20.5. The fraction of sp³-hybridized carbons (Fsp3) is 0.343. The second kappa shape index (κ2) is 27.1. The van der Waals surface area contributed by atoms with Gasteiger partial charge in [-0.25, -0.2) is 34.4 Å². The lowest BCUT2D eigenvalue weighted by molar-refractivity contribution is 0.599. The molecule has 452 valence electrons. The first-order valence-corrected chi connectivity index (χ1v) is 32.4. The Morgan fingerprint density at radius 1 is 0.391 bits per heavy atom. The highest BCUT2D eigenvalue weighted by Crippen LogP contribution is 2.31. The van der Waals surface area contributed by atoms with Crippen molar-refractivity contribution in [1.29, 1.82) is 0 Å². The summed E-state index contributed by atoms with van der Waals surface area (Å²) in [5.41, 5.74) is 41.2. The molecular weight excluding hydrogens is 1150 g/mol. The maximum absolute atomic E-state index is 5.30. The van der Waals surface area contributed by atoms with Gasteiger partial charge in [-0.1, -0.05) is 24.3 Å². The molecule has 0 aliphatic heterocycles. The predicted molar refractivity (Wildman–Crippen MR) is 371 cm³/mol. The number of benzene rings is 4. The molecule has 10 aromatic heterocycles. The van der Waals surface area contributed by atoms with Gasteiger partial charge in [-0.2, -0.15) is 13.8 Å². The summed E-state index contributed by atoms with van der Waals surface area (Å²) in [6, 6.07) is 8.71. The van der Waals surface area contributed by atoms with Gasteiger partial charge in [-0.15, -0.1) is 34.0 Å². The molecule has 87 heavy (non-hydrogen) atoms. The van der Waals surface area contributed by atoms with Crippen LogP contribution in [0, 0.1) is 159 Å². The van der Waals surface area contributed by atoms with E-state index in [0.29, 0.717) is 0 Å². The molecule has 14 aromatic rings. The van der Waals surface area contributed by atoms with Gasteiger partial charge in [0.25, 0.3) is 0 Å². The molecule has 4 aromatic carbocycles. The van der Waals surface area contributed by atoms with Gasteiger partial charge in [0.2, 0.25) is 0 Å². The standard InChI is InChI=1S/C11H14N2.C11H13NS.C10H13N3.C10H11NO.C10H11NS.2C9H10N2S/c1-7-5-8(2)10-11(9(7)3)13(4)6-12-10;1-6-5-13-11-8(3)7(2)9(4)12-10(6)11;1-6-5-11-13-9(4)7(2)8(3)12-10(6)13;2*1-6-4-7(2)9-10(8(6)3)12-5-11-9;1-5-4-12-9-8(5)10-6(2)7(3)11-9;1-5-4-6(2)8-9(7(5)3)11-12-10-8/h5-6H,1-4H3;2*5H,1-4H3;2*4-5H,1-3H3;2*4H,1-3H3. The van der Waals surface area contributed by atoms with Crippen molar-refractivity contribution < 1.29 is 4.42 Å². The van der Waals surface area contributed by atoms with Gasteiger partial charge in [0, 0.05) is 29.7 Å². The van der Waals surface area contributed by atoms with Crippen LogP contribution < -0.4 is 0 Å². The van der Waals surface area contributed by atoms with Crippen LogP contribution in [0.25, 0.3) is 69.6 Å². The van der Waals surface area contributed by atoms with Gasteiger partial charge in [0.1, 0.15) is 26.9 Å². The largest absolute Gasteiger partial charge is 0.443 e. The van der Waals surface area contributed by atoms with Crippen molar-refractivity contribution in [1.82, 2.24) is 57.8 Å². The number of nitrogens with zero attached hydrogens (tertiary/aromatic N) is 12. The summed E-state index contributed by atoms with van der Waals surface area (Å²) in [6.45, 7) is 48.2. The summed E-state index contributed by atoms with van der Waals surface area (Å²) in [4.78, 5) is 32.0. The van der Waals surface area contributed by atoms with Crippen LogP contribution in [0.2, 0.25) is 0 Å². The van der Waals surface area contributed by atoms with Gasteiger partial charge < -0.3 is 8.98 Å². The minimum atomic E-state index is 0.924. The van der Waals surface area contributed by atoms with Crippen molar-refractivity contribution in [2.24, 2.45) is 7.05 Å². The summed E-state index contributed by atoms with van der Waals surface area (Å²) in [6.07, 6.45) is 5.24. The minimum absolute atomic E-state index is 0.924. The van der Waals surface area contributed by atoms with E-state index in [0.717, 1.165) is 72.0 Å². The third kappa shape index (κ3) is 13.7. The van der Waals surface area contributed by atoms with Gasteiger partial charge >= 0.3 is 0 Å². The molecule has 0 spiro atoms. The van der Waals surface area contributed by atoms with Crippen LogP contribution in [0.15, 0.2) is 63.9 Å². The highest BCUT2D eigenvalue weighted by Gasteiger charge is 2.13. The second-order valence-electron chi connectivity index (χ2n) is 23.1. The molecule has 0 radical (unpaired) electrons. The van der Waals surface area contributed by atoms with E-state index in [-0.39, 0.29) is 0 Å². The fourth-order valence-electron chi connectivity index (χ4n) is 10.3. The molecule has 0 unspecified atom stereocenters. The third-order valence-corrected chi connectivity index (χ3v) is 20.5. The Labute approximate surface area is 528 Å². The first-order valence-electron chi connectivity index (χ1n) is 29.1. The summed E-state index contributed by atoms with van der Waals surface area (Å²) >= 11 is 6.49. The Bertz CT molecular complexity index is 4540. The van der Waals surface area contributed by atoms with E-state index in [1.54, 1.807) is 34.0 Å². The highest BCUT2D eigenvalue weighted by molar-refractivity contribution is 7.17. The zero-order chi connectivity index (χ0) is 63.6. The number of pyridine rings is 1. The quantitative estimate of drug-likeness (QED) is 0.143. The van der Waals surface area contributed by atoms with Crippen molar-refractivity contribution in [3.63, 3.8) is 0 Å². The molecule has 0 aliphatic rings. The molecule has 0 aliphatic carbocycles. The molecular formula is C70H82N12OS4. The van der Waals surface area contributed by atoms with Crippen LogP contribution in [-0.4, -0.2) is 57.8 Å². The van der Waals surface area contributed by atoms with Crippen LogP contribution in [0.1, 0.15) is 129 Å². The van der Waals surface area contributed by atoms with E-state index >= 15 is 0 Å². The molecule has 0 bridgehead atoms. The van der Waals surface area contributed by atoms with E-state index < -0.39 is 0 Å². The van der Waals surface area contributed by atoms with E-state index in [4.69, 9.17) is 4.42 Å². The third-order valence-electron chi connectivity index (χ3n) is 16.8. The second-order valence-corrected chi connectivity index (χ2v) is 26.2. The molecule has 13 nitrogen and oxygen atoms in total. The van der Waals surface area contributed by atoms with Crippen molar-refractivity contribution in [3.8, 4) is 0 Å². The number of hydrogen-bond acceptors (Lipinski definition) is 15. The summed E-state index contributed by atoms with van der Waals surface area (Å²) in [7, 11) is 2.04. The Hall–Kier alpha value is -7.70. The average molecular weight is 1240 g/mol. The zero-order valence-electron chi connectivity index (χ0n) is 55.2. The molecule has 0 N–H and O–H groups in total. The van der Waals surface area contributed by atoms with Crippen LogP contribution in [-0.2, 0) is 7.05 Å². The molecule has 10 heterocycles. The van der Waals surface area contributed by atoms with E-state index in [9.17, 15) is 0 Å². The number of aryl methyl sites for hydroxylation is 22. The molecule has 0 amide bonds. The van der Waals surface area contributed by atoms with Crippen molar-refractivity contribution >= 4 is 115 Å². The number of thiophene rings is 2. The first-order chi connectivity index (χ1) is 41.1. The Balaban J connectivity index is 0.000000132.